The van der Waals surface area contributed by atoms with E-state index in [-0.39, 0.29) is 38.1 Å². The van der Waals surface area contributed by atoms with Crippen molar-refractivity contribution in [2.24, 2.45) is 0 Å². The summed E-state index contributed by atoms with van der Waals surface area (Å²) in [5.41, 5.74) is 3.52. The molecule has 0 saturated carbocycles. The van der Waals surface area contributed by atoms with Crippen LogP contribution in [0.2, 0.25) is 0 Å². The second kappa shape index (κ2) is 28.2. The number of benzene rings is 4. The molecule has 1 saturated heterocycles. The molecule has 332 valence electrons. The van der Waals surface area contributed by atoms with E-state index in [9.17, 15) is 19.2 Å². The standard InChI is InChI=1S/C48H60N4O10/c53-45(49-43(33-39-13-5-1-6-14-39)47(55)61-37-41-17-9-3-10-18-41)35-51-21-25-57-29-31-59-27-23-52(24-28-60-32-30-58-26-22-51)36-46(54)50-44(34-40-15-7-2-8-16-40)48(56)62-38-42-19-11-4-12-20-42/h1-20,43-44H,21-38H2,(H,49,53)(H,50,54)/t43-,44+. The lowest BCUT2D eigenvalue weighted by Crippen LogP contribution is -2.48. The maximum absolute atomic E-state index is 13.4. The number of nitrogens with one attached hydrogen (secondary N) is 2. The molecule has 0 spiro atoms. The molecule has 1 aliphatic rings. The van der Waals surface area contributed by atoms with Gasteiger partial charge in [-0.15, -0.1) is 0 Å². The molecule has 14 heteroatoms. The van der Waals surface area contributed by atoms with Crippen molar-refractivity contribution in [2.75, 3.05) is 92.1 Å². The molecule has 0 radical (unpaired) electrons. The first-order valence-corrected chi connectivity index (χ1v) is 21.2. The second-order valence-corrected chi connectivity index (χ2v) is 14.8. The van der Waals surface area contributed by atoms with Crippen molar-refractivity contribution in [2.45, 2.75) is 38.1 Å². The van der Waals surface area contributed by atoms with E-state index in [1.807, 2.05) is 131 Å². The van der Waals surface area contributed by atoms with Crippen LogP contribution in [0.5, 0.6) is 0 Å². The lowest BCUT2D eigenvalue weighted by atomic mass is 10.1. The number of carbonyl (C=O) groups excluding carboxylic acids is 4. The lowest BCUT2D eigenvalue weighted by molar-refractivity contribution is -0.149. The van der Waals surface area contributed by atoms with E-state index in [0.717, 1.165) is 22.3 Å². The zero-order valence-electron chi connectivity index (χ0n) is 35.4. The van der Waals surface area contributed by atoms with E-state index >= 15 is 0 Å². The predicted octanol–water partition coefficient (Wildman–Crippen LogP) is 3.61. The molecular formula is C48H60N4O10. The van der Waals surface area contributed by atoms with Crippen molar-refractivity contribution < 1.29 is 47.6 Å². The van der Waals surface area contributed by atoms with E-state index in [2.05, 4.69) is 10.6 Å². The van der Waals surface area contributed by atoms with Gasteiger partial charge in [-0.3, -0.25) is 19.4 Å². The van der Waals surface area contributed by atoms with Crippen molar-refractivity contribution in [1.29, 1.82) is 0 Å². The average molecular weight is 853 g/mol. The smallest absolute Gasteiger partial charge is 0.329 e. The fourth-order valence-electron chi connectivity index (χ4n) is 6.59. The maximum Gasteiger partial charge on any atom is 0.329 e. The number of carbonyl (C=O) groups is 4. The summed E-state index contributed by atoms with van der Waals surface area (Å²) < 4.78 is 34.7. The number of nitrogens with zero attached hydrogens (tertiary/aromatic N) is 2. The third kappa shape index (κ3) is 19.1. The number of hydrogen-bond acceptors (Lipinski definition) is 12. The van der Waals surface area contributed by atoms with Gasteiger partial charge in [-0.1, -0.05) is 121 Å². The topological polar surface area (TPSA) is 154 Å². The molecule has 2 amide bonds. The fraction of sp³-hybridized carbons (Fsp3) is 0.417. The molecule has 1 aliphatic heterocycles. The first kappa shape index (κ1) is 47.6. The monoisotopic (exact) mass is 852 g/mol. The van der Waals surface area contributed by atoms with Gasteiger partial charge in [0.1, 0.15) is 25.3 Å². The highest BCUT2D eigenvalue weighted by molar-refractivity contribution is 5.86. The fourth-order valence-corrected chi connectivity index (χ4v) is 6.59. The van der Waals surface area contributed by atoms with Crippen molar-refractivity contribution >= 4 is 23.8 Å². The summed E-state index contributed by atoms with van der Waals surface area (Å²) in [6, 6.07) is 36.1. The minimum absolute atomic E-state index is 0.0300. The normalized spacial score (nSPS) is 16.4. The van der Waals surface area contributed by atoms with E-state index in [1.165, 1.54) is 0 Å². The summed E-state index contributed by atoms with van der Waals surface area (Å²) in [6.07, 6.45) is 0.581. The van der Waals surface area contributed by atoms with Crippen molar-refractivity contribution in [3.63, 3.8) is 0 Å². The van der Waals surface area contributed by atoms with Crippen LogP contribution in [-0.2, 0) is 73.7 Å². The summed E-state index contributed by atoms with van der Waals surface area (Å²) in [6.45, 7) is 4.77. The van der Waals surface area contributed by atoms with Gasteiger partial charge in [-0.25, -0.2) is 9.59 Å². The number of amides is 2. The van der Waals surface area contributed by atoms with Gasteiger partial charge in [0.25, 0.3) is 0 Å². The van der Waals surface area contributed by atoms with Crippen LogP contribution in [0, 0.1) is 0 Å². The van der Waals surface area contributed by atoms with Gasteiger partial charge in [0.05, 0.1) is 65.9 Å². The highest BCUT2D eigenvalue weighted by Gasteiger charge is 2.26. The van der Waals surface area contributed by atoms with E-state index in [4.69, 9.17) is 28.4 Å². The Bertz CT molecular complexity index is 1720. The first-order chi connectivity index (χ1) is 30.4. The third-order valence-corrected chi connectivity index (χ3v) is 9.94. The Labute approximate surface area is 364 Å². The van der Waals surface area contributed by atoms with Crippen LogP contribution in [0.25, 0.3) is 0 Å². The molecular weight excluding hydrogens is 793 g/mol. The Morgan fingerprint density at radius 2 is 0.726 bits per heavy atom. The second-order valence-electron chi connectivity index (χ2n) is 14.8. The molecule has 4 aromatic carbocycles. The number of rotatable bonds is 16. The van der Waals surface area contributed by atoms with Crippen molar-refractivity contribution in [3.8, 4) is 0 Å². The molecule has 0 aromatic heterocycles. The number of esters is 2. The van der Waals surface area contributed by atoms with Gasteiger partial charge in [-0.2, -0.15) is 0 Å². The number of ether oxygens (including phenoxy) is 6. The Morgan fingerprint density at radius 3 is 1.03 bits per heavy atom. The van der Waals surface area contributed by atoms with E-state index in [0.29, 0.717) is 91.9 Å². The zero-order chi connectivity index (χ0) is 43.5. The number of hydrogen-bond donors (Lipinski definition) is 2. The SMILES string of the molecule is O=C(CN1CCOCCOCCN(CC(=O)N[C@H](Cc2ccccc2)C(=O)OCc2ccccc2)CCOCCOCC1)N[C@@H](Cc1ccccc1)C(=O)OCc1ccccc1. The molecule has 0 aliphatic carbocycles. The molecule has 0 unspecified atom stereocenters. The Kier molecular flexibility index (Phi) is 21.6. The van der Waals surface area contributed by atoms with E-state index in [1.54, 1.807) is 0 Å². The van der Waals surface area contributed by atoms with E-state index < -0.39 is 24.0 Å². The summed E-state index contributed by atoms with van der Waals surface area (Å²) >= 11 is 0. The molecule has 2 N–H and O–H groups in total. The summed E-state index contributed by atoms with van der Waals surface area (Å²) in [7, 11) is 0. The molecule has 4 aromatic rings. The molecule has 14 nitrogen and oxygen atoms in total. The van der Waals surface area contributed by atoms with Crippen LogP contribution in [0.1, 0.15) is 22.3 Å². The zero-order valence-corrected chi connectivity index (χ0v) is 35.4. The molecule has 2 atom stereocenters. The van der Waals surface area contributed by atoms with Crippen molar-refractivity contribution in [3.05, 3.63) is 144 Å². The summed E-state index contributed by atoms with van der Waals surface area (Å²) in [4.78, 5) is 57.2. The predicted molar refractivity (Wildman–Crippen MR) is 233 cm³/mol. The highest BCUT2D eigenvalue weighted by atomic mass is 16.5. The third-order valence-electron chi connectivity index (χ3n) is 9.94. The van der Waals surface area contributed by atoms with Crippen LogP contribution >= 0.6 is 0 Å². The molecule has 0 bridgehead atoms. The van der Waals surface area contributed by atoms with Crippen LogP contribution < -0.4 is 10.6 Å². The van der Waals surface area contributed by atoms with Gasteiger partial charge < -0.3 is 39.1 Å². The quantitative estimate of drug-likeness (QED) is 0.159. The van der Waals surface area contributed by atoms with Crippen LogP contribution in [0.3, 0.4) is 0 Å². The molecule has 62 heavy (non-hydrogen) atoms. The van der Waals surface area contributed by atoms with Crippen LogP contribution in [0.15, 0.2) is 121 Å². The summed E-state index contributed by atoms with van der Waals surface area (Å²) in [5.74, 6) is -1.64. The average Bonchev–Trinajstić information content (AvgIpc) is 3.29. The summed E-state index contributed by atoms with van der Waals surface area (Å²) in [5, 5.41) is 5.81. The highest BCUT2D eigenvalue weighted by Crippen LogP contribution is 2.10. The van der Waals surface area contributed by atoms with Gasteiger partial charge in [-0.05, 0) is 22.3 Å². The molecule has 1 heterocycles. The lowest BCUT2D eigenvalue weighted by Gasteiger charge is -2.25. The molecule has 1 fully saturated rings. The largest absolute Gasteiger partial charge is 0.459 e. The van der Waals surface area contributed by atoms with Gasteiger partial charge in [0, 0.05) is 39.0 Å². The van der Waals surface area contributed by atoms with Crippen LogP contribution in [0.4, 0.5) is 0 Å². The minimum Gasteiger partial charge on any atom is -0.459 e. The van der Waals surface area contributed by atoms with Crippen LogP contribution in [-0.4, -0.2) is 138 Å². The first-order valence-electron chi connectivity index (χ1n) is 21.2. The Hall–Kier alpha value is -5.48. The maximum atomic E-state index is 13.4. The Morgan fingerprint density at radius 1 is 0.435 bits per heavy atom. The molecule has 5 rings (SSSR count). The Balaban J connectivity index is 1.08. The van der Waals surface area contributed by atoms with Gasteiger partial charge in [0.15, 0.2) is 0 Å². The van der Waals surface area contributed by atoms with Gasteiger partial charge in [0.2, 0.25) is 11.8 Å². The minimum atomic E-state index is -0.869. The van der Waals surface area contributed by atoms with Crippen molar-refractivity contribution in [1.82, 2.24) is 20.4 Å². The van der Waals surface area contributed by atoms with Gasteiger partial charge >= 0.3 is 11.9 Å².